The lowest BCUT2D eigenvalue weighted by Crippen LogP contribution is -2.17. The van der Waals surface area contributed by atoms with Gasteiger partial charge in [0.1, 0.15) is 5.65 Å². The predicted molar refractivity (Wildman–Crippen MR) is 192 cm³/mol. The van der Waals surface area contributed by atoms with Crippen molar-refractivity contribution in [3.05, 3.63) is 157 Å². The minimum absolute atomic E-state index is 0.00955. The molecule has 0 amide bonds. The second-order valence-corrected chi connectivity index (χ2v) is 13.4. The van der Waals surface area contributed by atoms with Gasteiger partial charge in [-0.2, -0.15) is 0 Å². The summed E-state index contributed by atoms with van der Waals surface area (Å²) in [7, 11) is 0. The van der Waals surface area contributed by atoms with E-state index in [9.17, 15) is 0 Å². The minimum atomic E-state index is 0.00955. The van der Waals surface area contributed by atoms with Crippen LogP contribution in [-0.4, -0.2) is 13.7 Å². The van der Waals surface area contributed by atoms with Gasteiger partial charge in [0.25, 0.3) is 0 Å². The zero-order valence-electron chi connectivity index (χ0n) is 26.0. The maximum absolute atomic E-state index is 2.63. The molecular formula is C43H33N3. The summed E-state index contributed by atoms with van der Waals surface area (Å²) in [5.74, 6) is 0. The van der Waals surface area contributed by atoms with Crippen molar-refractivity contribution in [1.82, 2.24) is 13.7 Å². The van der Waals surface area contributed by atoms with Crippen molar-refractivity contribution in [3.8, 4) is 22.5 Å². The lowest BCUT2D eigenvalue weighted by Gasteiger charge is -2.24. The number of hydrogen-bond acceptors (Lipinski definition) is 0. The van der Waals surface area contributed by atoms with Crippen molar-refractivity contribution in [2.45, 2.75) is 31.7 Å². The highest BCUT2D eigenvalue weighted by Crippen LogP contribution is 2.52. The second-order valence-electron chi connectivity index (χ2n) is 13.4. The van der Waals surface area contributed by atoms with E-state index in [2.05, 4.69) is 173 Å². The van der Waals surface area contributed by atoms with E-state index in [1.54, 1.807) is 0 Å². The van der Waals surface area contributed by atoms with Gasteiger partial charge in [0.15, 0.2) is 0 Å². The van der Waals surface area contributed by atoms with E-state index >= 15 is 0 Å². The number of fused-ring (bicyclic) bond motifs is 10. The first kappa shape index (κ1) is 25.8. The zero-order valence-corrected chi connectivity index (χ0v) is 26.0. The lowest BCUT2D eigenvalue weighted by molar-refractivity contribution is 0.589. The third-order valence-corrected chi connectivity index (χ3v) is 10.6. The quantitative estimate of drug-likeness (QED) is 0.194. The number of aromatic nitrogens is 3. The monoisotopic (exact) mass is 591 g/mol. The third kappa shape index (κ3) is 3.37. The highest BCUT2D eigenvalue weighted by molar-refractivity contribution is 6.10. The minimum Gasteiger partial charge on any atom is -0.322 e. The fourth-order valence-electron chi connectivity index (χ4n) is 8.45. The van der Waals surface area contributed by atoms with E-state index in [0.717, 1.165) is 6.42 Å². The van der Waals surface area contributed by atoms with Gasteiger partial charge in [-0.3, -0.25) is 4.57 Å². The Balaban J connectivity index is 1.08. The van der Waals surface area contributed by atoms with Crippen LogP contribution in [0.15, 0.2) is 151 Å². The first-order chi connectivity index (χ1) is 22.6. The Morgan fingerprint density at radius 3 is 1.65 bits per heavy atom. The third-order valence-electron chi connectivity index (χ3n) is 10.6. The molecule has 1 unspecified atom stereocenters. The van der Waals surface area contributed by atoms with Crippen molar-refractivity contribution < 1.29 is 0 Å². The molecule has 0 spiro atoms. The molecule has 1 aliphatic heterocycles. The van der Waals surface area contributed by atoms with Gasteiger partial charge >= 0.3 is 0 Å². The Hall–Kier alpha value is -5.54. The molecule has 3 heteroatoms. The van der Waals surface area contributed by atoms with Crippen LogP contribution in [0.3, 0.4) is 0 Å². The van der Waals surface area contributed by atoms with Gasteiger partial charge in [0, 0.05) is 44.0 Å². The Morgan fingerprint density at radius 2 is 1.07 bits per heavy atom. The highest BCUT2D eigenvalue weighted by atomic mass is 15.2. The molecule has 0 radical (unpaired) electrons. The number of para-hydroxylation sites is 3. The van der Waals surface area contributed by atoms with E-state index < -0.39 is 0 Å². The first-order valence-corrected chi connectivity index (χ1v) is 16.3. The lowest BCUT2D eigenvalue weighted by atomic mass is 9.79. The van der Waals surface area contributed by atoms with Crippen molar-refractivity contribution in [2.75, 3.05) is 0 Å². The average Bonchev–Trinajstić information content (AvgIpc) is 3.81. The van der Waals surface area contributed by atoms with Gasteiger partial charge in [0.05, 0.1) is 22.6 Å². The molecule has 3 aromatic heterocycles. The molecule has 46 heavy (non-hydrogen) atoms. The smallest absolute Gasteiger partial charge is 0.126 e. The summed E-state index contributed by atoms with van der Waals surface area (Å²) in [5.41, 5.74) is 12.8. The number of allylic oxidation sites excluding steroid dienone is 4. The molecule has 4 heterocycles. The maximum atomic E-state index is 2.63. The molecule has 0 bridgehead atoms. The SMILES string of the molecule is CC1(C)C2=CC=CCC2n2c1cc1c3ccccc3n(-c3ccc(-c4ccc(-n5c6ccccc6c6ccccc65)cc4)cc3)c12. The summed E-state index contributed by atoms with van der Waals surface area (Å²) in [4.78, 5) is 0. The molecule has 0 N–H and O–H groups in total. The number of benzene rings is 5. The predicted octanol–water partition coefficient (Wildman–Crippen LogP) is 11.1. The summed E-state index contributed by atoms with van der Waals surface area (Å²) in [5, 5.41) is 5.23. The average molecular weight is 592 g/mol. The second kappa shape index (κ2) is 9.24. The summed E-state index contributed by atoms with van der Waals surface area (Å²) < 4.78 is 7.49. The van der Waals surface area contributed by atoms with Gasteiger partial charge in [-0.15, -0.1) is 0 Å². The van der Waals surface area contributed by atoms with E-state index in [1.165, 1.54) is 77.5 Å². The molecule has 0 fully saturated rings. The van der Waals surface area contributed by atoms with Crippen molar-refractivity contribution >= 4 is 43.7 Å². The number of hydrogen-bond donors (Lipinski definition) is 0. The van der Waals surface area contributed by atoms with Gasteiger partial charge in [0.2, 0.25) is 0 Å². The molecule has 1 aliphatic carbocycles. The Kier molecular flexibility index (Phi) is 5.18. The highest BCUT2D eigenvalue weighted by Gasteiger charge is 2.44. The molecule has 220 valence electrons. The van der Waals surface area contributed by atoms with E-state index in [4.69, 9.17) is 0 Å². The Bertz CT molecular complexity index is 2510. The topological polar surface area (TPSA) is 14.8 Å². The molecule has 1 atom stereocenters. The van der Waals surface area contributed by atoms with Crippen LogP contribution < -0.4 is 0 Å². The van der Waals surface area contributed by atoms with Crippen LogP contribution in [0.25, 0.3) is 66.2 Å². The largest absolute Gasteiger partial charge is 0.322 e. The maximum Gasteiger partial charge on any atom is 0.126 e. The standard InChI is InChI=1S/C43H33N3/c1-43(2)36-14-6-10-18-40(36)46-41(43)27-35-34-13-5-9-17-39(34)45(42(35)46)31-25-21-29(22-26-31)28-19-23-30(24-20-28)44-37-15-7-3-11-32(37)33-12-4-8-16-38(33)44/h3-17,19-27,40H,18H2,1-2H3. The molecule has 0 saturated heterocycles. The first-order valence-electron chi connectivity index (χ1n) is 16.3. The van der Waals surface area contributed by atoms with Crippen molar-refractivity contribution in [1.29, 1.82) is 0 Å². The molecule has 3 nitrogen and oxygen atoms in total. The molecule has 0 saturated carbocycles. The van der Waals surface area contributed by atoms with Crippen molar-refractivity contribution in [2.24, 2.45) is 0 Å². The Morgan fingerprint density at radius 1 is 0.565 bits per heavy atom. The normalized spacial score (nSPS) is 16.8. The Labute approximate surface area is 267 Å². The summed E-state index contributed by atoms with van der Waals surface area (Å²) in [6.07, 6.45) is 7.94. The van der Waals surface area contributed by atoms with E-state index in [1.807, 2.05) is 0 Å². The van der Waals surface area contributed by atoms with Crippen LogP contribution >= 0.6 is 0 Å². The fraction of sp³-hybridized carbons (Fsp3) is 0.116. The summed E-state index contributed by atoms with van der Waals surface area (Å²) in [6, 6.07) is 47.2. The van der Waals surface area contributed by atoms with E-state index in [0.29, 0.717) is 6.04 Å². The fourth-order valence-corrected chi connectivity index (χ4v) is 8.45. The van der Waals surface area contributed by atoms with Gasteiger partial charge < -0.3 is 9.13 Å². The van der Waals surface area contributed by atoms with Gasteiger partial charge in [-0.1, -0.05) is 111 Å². The van der Waals surface area contributed by atoms with Gasteiger partial charge in [-0.25, -0.2) is 0 Å². The van der Waals surface area contributed by atoms with Crippen LogP contribution in [0.1, 0.15) is 32.0 Å². The van der Waals surface area contributed by atoms with Crippen molar-refractivity contribution in [3.63, 3.8) is 0 Å². The van der Waals surface area contributed by atoms with E-state index in [-0.39, 0.29) is 5.41 Å². The molecule has 10 rings (SSSR count). The van der Waals surface area contributed by atoms with Crippen LogP contribution in [-0.2, 0) is 5.41 Å². The number of nitrogens with zero attached hydrogens (tertiary/aromatic N) is 3. The summed E-state index contributed by atoms with van der Waals surface area (Å²) in [6.45, 7) is 4.77. The molecule has 5 aromatic carbocycles. The van der Waals surface area contributed by atoms with Gasteiger partial charge in [-0.05, 0) is 71.7 Å². The van der Waals surface area contributed by atoms with Crippen LogP contribution in [0.2, 0.25) is 0 Å². The van der Waals surface area contributed by atoms with Crippen LogP contribution in [0.4, 0.5) is 0 Å². The molecule has 8 aromatic rings. The zero-order chi connectivity index (χ0) is 30.6. The van der Waals surface area contributed by atoms with Crippen LogP contribution in [0, 0.1) is 0 Å². The molecular weight excluding hydrogens is 558 g/mol. The van der Waals surface area contributed by atoms with Crippen LogP contribution in [0.5, 0.6) is 0 Å². The summed E-state index contributed by atoms with van der Waals surface area (Å²) >= 11 is 0. The molecule has 2 aliphatic rings. The number of rotatable bonds is 3.